The third-order valence-corrected chi connectivity index (χ3v) is 5.66. The third-order valence-electron chi connectivity index (χ3n) is 5.66. The van der Waals surface area contributed by atoms with Crippen LogP contribution >= 0.6 is 0 Å². The van der Waals surface area contributed by atoms with E-state index in [0.717, 1.165) is 29.8 Å². The van der Waals surface area contributed by atoms with Crippen molar-refractivity contribution in [2.45, 2.75) is 58.4 Å². The van der Waals surface area contributed by atoms with Gasteiger partial charge in [-0.05, 0) is 70.0 Å². The zero-order valence-electron chi connectivity index (χ0n) is 19.4. The first-order valence-corrected chi connectivity index (χ1v) is 11.5. The van der Waals surface area contributed by atoms with Gasteiger partial charge in [0.1, 0.15) is 11.6 Å². The van der Waals surface area contributed by atoms with Crippen LogP contribution in [0.3, 0.4) is 0 Å². The largest absolute Gasteiger partial charge is 0.439 e. The van der Waals surface area contributed by atoms with E-state index in [-0.39, 0.29) is 11.9 Å². The van der Waals surface area contributed by atoms with Crippen molar-refractivity contribution in [1.29, 1.82) is 0 Å². The van der Waals surface area contributed by atoms with Crippen LogP contribution in [0.4, 0.5) is 4.39 Å². The van der Waals surface area contributed by atoms with Crippen LogP contribution in [0.25, 0.3) is 5.69 Å². The van der Waals surface area contributed by atoms with Crippen LogP contribution in [0.15, 0.2) is 54.6 Å². The summed E-state index contributed by atoms with van der Waals surface area (Å²) >= 11 is 0. The molecule has 1 fully saturated rings. The second-order valence-electron chi connectivity index (χ2n) is 8.87. The second-order valence-corrected chi connectivity index (χ2v) is 8.87. The van der Waals surface area contributed by atoms with Gasteiger partial charge in [0.05, 0.1) is 35.8 Å². The molecule has 1 N–H and O–H groups in total. The van der Waals surface area contributed by atoms with Crippen molar-refractivity contribution < 1.29 is 19.0 Å². The Hall–Kier alpha value is -2.74. The summed E-state index contributed by atoms with van der Waals surface area (Å²) in [5, 5.41) is 15.3. The highest BCUT2D eigenvalue weighted by Gasteiger charge is 2.32. The molecule has 0 saturated heterocycles. The minimum absolute atomic E-state index is 0.0797. The van der Waals surface area contributed by atoms with E-state index < -0.39 is 6.10 Å². The average molecular weight is 454 g/mol. The quantitative estimate of drug-likeness (QED) is 0.449. The molecule has 1 saturated carbocycles. The van der Waals surface area contributed by atoms with Crippen LogP contribution in [0, 0.1) is 12.7 Å². The fraction of sp³-hybridized carbons (Fsp3) is 0.423. The van der Waals surface area contributed by atoms with E-state index in [1.165, 1.54) is 12.1 Å². The lowest BCUT2D eigenvalue weighted by molar-refractivity contribution is -0.0107. The second kappa shape index (κ2) is 10.5. The van der Waals surface area contributed by atoms with Crippen molar-refractivity contribution in [3.63, 3.8) is 0 Å². The first-order valence-electron chi connectivity index (χ1n) is 11.5. The lowest BCUT2D eigenvalue weighted by Gasteiger charge is -2.25. The van der Waals surface area contributed by atoms with Crippen molar-refractivity contribution in [3.05, 3.63) is 71.7 Å². The highest BCUT2D eigenvalue weighted by molar-refractivity contribution is 5.43. The summed E-state index contributed by atoms with van der Waals surface area (Å²) in [6, 6.07) is 16.2. The van der Waals surface area contributed by atoms with Crippen LogP contribution in [0.5, 0.6) is 11.6 Å². The molecule has 1 aliphatic carbocycles. The van der Waals surface area contributed by atoms with Gasteiger partial charge >= 0.3 is 0 Å². The lowest BCUT2D eigenvalue weighted by atomic mass is 10.2. The van der Waals surface area contributed by atoms with Crippen LogP contribution in [-0.4, -0.2) is 51.2 Å². The Labute approximate surface area is 194 Å². The Morgan fingerprint density at radius 1 is 1.12 bits per heavy atom. The Bertz CT molecular complexity index is 1030. The standard InChI is InChI=1S/C26H32FN3O3/c1-18(2)32-17-23(31)15-29(21-11-12-21)16-25-19(3)28-30(22-7-5-4-6-8-22)26(25)33-24-13-9-20(27)10-14-24/h4-10,13-14,18,21,23,31H,11-12,15-17H2,1-3H3/t23-/m0/s1. The smallest absolute Gasteiger partial charge is 0.227 e. The SMILES string of the molecule is Cc1nn(-c2ccccc2)c(Oc2ccc(F)cc2)c1CN(C[C@H](O)COC(C)C)C1CC1. The van der Waals surface area contributed by atoms with Gasteiger partial charge in [0.2, 0.25) is 5.88 Å². The average Bonchev–Trinajstić information content (AvgIpc) is 3.60. The van der Waals surface area contributed by atoms with Crippen LogP contribution in [-0.2, 0) is 11.3 Å². The summed E-state index contributed by atoms with van der Waals surface area (Å²) in [5.74, 6) is 0.829. The topological polar surface area (TPSA) is 59.8 Å². The molecule has 3 aromatic rings. The number of aliphatic hydroxyl groups excluding tert-OH is 1. The molecule has 4 rings (SSSR count). The number of halogens is 1. The van der Waals surface area contributed by atoms with Crippen LogP contribution in [0.2, 0.25) is 0 Å². The molecule has 7 heteroatoms. The first-order chi connectivity index (χ1) is 15.9. The molecule has 0 spiro atoms. The number of aryl methyl sites for hydroxylation is 1. The normalized spacial score (nSPS) is 14.8. The number of hydrogen-bond donors (Lipinski definition) is 1. The molecule has 0 bridgehead atoms. The number of ether oxygens (including phenoxy) is 2. The lowest BCUT2D eigenvalue weighted by Crippen LogP contribution is -2.36. The Kier molecular flexibility index (Phi) is 7.42. The summed E-state index contributed by atoms with van der Waals surface area (Å²) in [6.07, 6.45) is 1.73. The maximum absolute atomic E-state index is 13.4. The molecule has 176 valence electrons. The van der Waals surface area contributed by atoms with E-state index in [2.05, 4.69) is 4.90 Å². The summed E-state index contributed by atoms with van der Waals surface area (Å²) < 4.78 is 27.1. The molecule has 33 heavy (non-hydrogen) atoms. The Balaban J connectivity index is 1.63. The van der Waals surface area contributed by atoms with E-state index in [1.807, 2.05) is 51.1 Å². The first kappa shape index (κ1) is 23.4. The number of nitrogens with zero attached hydrogens (tertiary/aromatic N) is 3. The van der Waals surface area contributed by atoms with E-state index in [0.29, 0.717) is 37.4 Å². The number of benzene rings is 2. The van der Waals surface area contributed by atoms with Crippen molar-refractivity contribution in [3.8, 4) is 17.3 Å². The summed E-state index contributed by atoms with van der Waals surface area (Å²) in [6.45, 7) is 7.32. The molecule has 0 aliphatic heterocycles. The van der Waals surface area contributed by atoms with Gasteiger partial charge < -0.3 is 14.6 Å². The molecule has 0 unspecified atom stereocenters. The van der Waals surface area contributed by atoms with Crippen molar-refractivity contribution in [2.24, 2.45) is 0 Å². The zero-order valence-corrected chi connectivity index (χ0v) is 19.4. The van der Waals surface area contributed by atoms with Crippen molar-refractivity contribution in [2.75, 3.05) is 13.2 Å². The third kappa shape index (κ3) is 6.19. The van der Waals surface area contributed by atoms with Crippen LogP contribution in [0.1, 0.15) is 37.9 Å². The predicted octanol–water partition coefficient (Wildman–Crippen LogP) is 4.86. The zero-order chi connectivity index (χ0) is 23.4. The minimum Gasteiger partial charge on any atom is -0.439 e. The number of aromatic nitrogens is 2. The highest BCUT2D eigenvalue weighted by atomic mass is 19.1. The number of aliphatic hydroxyl groups is 1. The Morgan fingerprint density at radius 3 is 2.45 bits per heavy atom. The van der Waals surface area contributed by atoms with E-state index in [4.69, 9.17) is 14.6 Å². The van der Waals surface area contributed by atoms with Gasteiger partial charge in [-0.25, -0.2) is 9.07 Å². The van der Waals surface area contributed by atoms with Gasteiger partial charge in [-0.15, -0.1) is 0 Å². The Morgan fingerprint density at radius 2 is 1.82 bits per heavy atom. The van der Waals surface area contributed by atoms with Crippen molar-refractivity contribution in [1.82, 2.24) is 14.7 Å². The van der Waals surface area contributed by atoms with Gasteiger partial charge in [0, 0.05) is 19.1 Å². The fourth-order valence-corrected chi connectivity index (χ4v) is 3.80. The molecule has 1 heterocycles. The number of hydrogen-bond acceptors (Lipinski definition) is 5. The maximum Gasteiger partial charge on any atom is 0.227 e. The molecule has 1 aromatic heterocycles. The van der Waals surface area contributed by atoms with Gasteiger partial charge in [0.15, 0.2) is 0 Å². The van der Waals surface area contributed by atoms with Gasteiger partial charge in [-0.1, -0.05) is 18.2 Å². The highest BCUT2D eigenvalue weighted by Crippen LogP contribution is 2.35. The molecule has 1 aliphatic rings. The molecular formula is C26H32FN3O3. The fourth-order valence-electron chi connectivity index (χ4n) is 3.80. The minimum atomic E-state index is -0.570. The number of para-hydroxylation sites is 1. The van der Waals surface area contributed by atoms with Gasteiger partial charge in [0.25, 0.3) is 0 Å². The molecule has 0 amide bonds. The monoisotopic (exact) mass is 453 g/mol. The molecule has 6 nitrogen and oxygen atoms in total. The van der Waals surface area contributed by atoms with Crippen molar-refractivity contribution >= 4 is 0 Å². The molecule has 2 aromatic carbocycles. The predicted molar refractivity (Wildman–Crippen MR) is 125 cm³/mol. The molecular weight excluding hydrogens is 421 g/mol. The molecule has 0 radical (unpaired) electrons. The van der Waals surface area contributed by atoms with Gasteiger partial charge in [-0.2, -0.15) is 5.10 Å². The van der Waals surface area contributed by atoms with Gasteiger partial charge in [-0.3, -0.25) is 4.90 Å². The van der Waals surface area contributed by atoms with E-state index in [9.17, 15) is 9.50 Å². The van der Waals surface area contributed by atoms with Crippen LogP contribution < -0.4 is 4.74 Å². The summed E-state index contributed by atoms with van der Waals surface area (Å²) in [5.41, 5.74) is 2.69. The maximum atomic E-state index is 13.4. The van der Waals surface area contributed by atoms with E-state index in [1.54, 1.807) is 16.8 Å². The van der Waals surface area contributed by atoms with E-state index >= 15 is 0 Å². The number of rotatable bonds is 11. The summed E-state index contributed by atoms with van der Waals surface area (Å²) in [7, 11) is 0. The molecule has 1 atom stereocenters. The summed E-state index contributed by atoms with van der Waals surface area (Å²) in [4.78, 5) is 2.28.